The molecule has 7 rings (SSSR count). The third-order valence-corrected chi connectivity index (χ3v) is 7.57. The van der Waals surface area contributed by atoms with E-state index >= 15 is 0 Å². The molecular weight excluding hydrogens is 448 g/mol. The summed E-state index contributed by atoms with van der Waals surface area (Å²) in [5.41, 5.74) is 8.02. The molecular formula is C30H22N4S. The molecule has 0 aliphatic heterocycles. The van der Waals surface area contributed by atoms with Crippen LogP contribution >= 0.6 is 11.3 Å². The van der Waals surface area contributed by atoms with Gasteiger partial charge in [-0.25, -0.2) is 4.68 Å². The SMILES string of the molecule is c1ccc(-n2cc(C(c3c[nH]c4ccccc34)c3c[nH]c4ccccc34)c(-c3cccs3)n2)cc1. The number of nitrogens with zero attached hydrogens (tertiary/aromatic N) is 2. The smallest absolute Gasteiger partial charge is 0.107 e. The molecule has 35 heavy (non-hydrogen) atoms. The number of benzene rings is 3. The van der Waals surface area contributed by atoms with Crippen molar-refractivity contribution in [3.63, 3.8) is 0 Å². The molecule has 3 aromatic carbocycles. The van der Waals surface area contributed by atoms with Gasteiger partial charge in [0, 0.05) is 51.9 Å². The van der Waals surface area contributed by atoms with Crippen LogP contribution in [0.25, 0.3) is 38.1 Å². The van der Waals surface area contributed by atoms with Gasteiger partial charge in [0.05, 0.1) is 10.6 Å². The quantitative estimate of drug-likeness (QED) is 0.265. The minimum Gasteiger partial charge on any atom is -0.361 e. The Bertz CT molecular complexity index is 1680. The summed E-state index contributed by atoms with van der Waals surface area (Å²) in [5, 5.41) is 9.71. The van der Waals surface area contributed by atoms with Crippen molar-refractivity contribution in [3.8, 4) is 16.3 Å². The second kappa shape index (κ2) is 8.15. The Kier molecular flexibility index (Phi) is 4.67. The first-order valence-electron chi connectivity index (χ1n) is 11.7. The number of rotatable bonds is 5. The Hall–Kier alpha value is -4.35. The van der Waals surface area contributed by atoms with E-state index in [1.54, 1.807) is 11.3 Å². The minimum absolute atomic E-state index is 0.00291. The van der Waals surface area contributed by atoms with E-state index in [2.05, 4.69) is 119 Å². The van der Waals surface area contributed by atoms with Gasteiger partial charge in [0.1, 0.15) is 5.69 Å². The van der Waals surface area contributed by atoms with Crippen LogP contribution in [0.5, 0.6) is 0 Å². The highest BCUT2D eigenvalue weighted by atomic mass is 32.1. The summed E-state index contributed by atoms with van der Waals surface area (Å²) >= 11 is 1.73. The highest BCUT2D eigenvalue weighted by molar-refractivity contribution is 7.13. The van der Waals surface area contributed by atoms with Crippen LogP contribution in [0, 0.1) is 0 Å². The fraction of sp³-hybridized carbons (Fsp3) is 0.0333. The third-order valence-electron chi connectivity index (χ3n) is 6.69. The van der Waals surface area contributed by atoms with Gasteiger partial charge >= 0.3 is 0 Å². The van der Waals surface area contributed by atoms with Crippen LogP contribution in [0.2, 0.25) is 0 Å². The van der Waals surface area contributed by atoms with Crippen molar-refractivity contribution >= 4 is 33.1 Å². The second-order valence-corrected chi connectivity index (χ2v) is 9.65. The number of aromatic nitrogens is 4. The first-order valence-corrected chi connectivity index (χ1v) is 12.6. The molecule has 4 heterocycles. The highest BCUT2D eigenvalue weighted by Gasteiger charge is 2.28. The molecule has 4 aromatic heterocycles. The van der Waals surface area contributed by atoms with Crippen LogP contribution in [0.4, 0.5) is 0 Å². The van der Waals surface area contributed by atoms with Crippen LogP contribution in [0.15, 0.2) is 115 Å². The van der Waals surface area contributed by atoms with Crippen molar-refractivity contribution in [2.75, 3.05) is 0 Å². The van der Waals surface area contributed by atoms with Gasteiger partial charge < -0.3 is 9.97 Å². The van der Waals surface area contributed by atoms with Crippen molar-refractivity contribution in [2.45, 2.75) is 5.92 Å². The number of nitrogens with one attached hydrogen (secondary N) is 2. The Morgan fingerprint density at radius 3 is 1.91 bits per heavy atom. The largest absolute Gasteiger partial charge is 0.361 e. The van der Waals surface area contributed by atoms with Gasteiger partial charge in [0.25, 0.3) is 0 Å². The molecule has 0 saturated heterocycles. The number of aromatic amines is 2. The Morgan fingerprint density at radius 1 is 0.657 bits per heavy atom. The monoisotopic (exact) mass is 470 g/mol. The summed E-state index contributed by atoms with van der Waals surface area (Å²) in [7, 11) is 0. The maximum absolute atomic E-state index is 5.13. The Morgan fingerprint density at radius 2 is 1.29 bits per heavy atom. The van der Waals surface area contributed by atoms with Gasteiger partial charge in [-0.15, -0.1) is 11.3 Å². The lowest BCUT2D eigenvalue weighted by Gasteiger charge is -2.17. The lowest BCUT2D eigenvalue weighted by Crippen LogP contribution is -2.03. The van der Waals surface area contributed by atoms with Crippen LogP contribution in [-0.2, 0) is 0 Å². The van der Waals surface area contributed by atoms with Crippen LogP contribution in [0.3, 0.4) is 0 Å². The van der Waals surface area contributed by atoms with E-state index < -0.39 is 0 Å². The summed E-state index contributed by atoms with van der Waals surface area (Å²) in [6, 6.07) is 31.7. The van der Waals surface area contributed by atoms with E-state index in [9.17, 15) is 0 Å². The second-order valence-electron chi connectivity index (χ2n) is 8.70. The fourth-order valence-electron chi connectivity index (χ4n) is 5.08. The number of hydrogen-bond donors (Lipinski definition) is 2. The summed E-state index contributed by atoms with van der Waals surface area (Å²) in [6.07, 6.45) is 6.53. The van der Waals surface area contributed by atoms with Crippen molar-refractivity contribution in [1.29, 1.82) is 0 Å². The zero-order chi connectivity index (χ0) is 23.2. The van der Waals surface area contributed by atoms with E-state index in [1.807, 2.05) is 10.7 Å². The standard InChI is InChI=1S/C30H22N4S/c1-2-9-20(10-3-1)34-19-25(30(33-34)28-15-8-16-35-28)29(23-17-31-26-13-6-4-11-21(23)26)24-18-32-27-14-7-5-12-22(24)27/h1-19,29,31-32H. The van der Waals surface area contributed by atoms with E-state index in [0.29, 0.717) is 0 Å². The van der Waals surface area contributed by atoms with E-state index in [0.717, 1.165) is 22.4 Å². The van der Waals surface area contributed by atoms with Crippen molar-refractivity contribution < 1.29 is 0 Å². The first-order chi connectivity index (χ1) is 17.4. The van der Waals surface area contributed by atoms with E-state index in [4.69, 9.17) is 5.10 Å². The molecule has 2 N–H and O–H groups in total. The van der Waals surface area contributed by atoms with Gasteiger partial charge in [-0.1, -0.05) is 60.7 Å². The molecule has 0 saturated carbocycles. The van der Waals surface area contributed by atoms with Crippen LogP contribution < -0.4 is 0 Å². The average Bonchev–Trinajstić information content (AvgIpc) is 3.72. The number of hydrogen-bond acceptors (Lipinski definition) is 2. The fourth-order valence-corrected chi connectivity index (χ4v) is 5.82. The molecule has 0 amide bonds. The number of thiophene rings is 1. The molecule has 168 valence electrons. The number of para-hydroxylation sites is 3. The van der Waals surface area contributed by atoms with Gasteiger partial charge in [0.2, 0.25) is 0 Å². The lowest BCUT2D eigenvalue weighted by molar-refractivity contribution is 0.882. The highest BCUT2D eigenvalue weighted by Crippen LogP contribution is 2.43. The molecule has 7 aromatic rings. The molecule has 0 unspecified atom stereocenters. The first kappa shape index (κ1) is 20.1. The summed E-state index contributed by atoms with van der Waals surface area (Å²) < 4.78 is 2.01. The minimum atomic E-state index is -0.00291. The Labute approximate surface area is 206 Å². The third kappa shape index (κ3) is 3.32. The van der Waals surface area contributed by atoms with Crippen molar-refractivity contribution in [1.82, 2.24) is 19.7 Å². The predicted molar refractivity (Wildman–Crippen MR) is 144 cm³/mol. The zero-order valence-corrected chi connectivity index (χ0v) is 19.7. The van der Waals surface area contributed by atoms with Gasteiger partial charge in [0.15, 0.2) is 0 Å². The molecule has 0 aliphatic carbocycles. The molecule has 0 radical (unpaired) electrons. The molecule has 5 heteroatoms. The maximum Gasteiger partial charge on any atom is 0.107 e. The van der Waals surface area contributed by atoms with Gasteiger partial charge in [-0.3, -0.25) is 0 Å². The van der Waals surface area contributed by atoms with Gasteiger partial charge in [-0.2, -0.15) is 5.10 Å². The molecule has 0 atom stereocenters. The summed E-state index contributed by atoms with van der Waals surface area (Å²) in [4.78, 5) is 8.18. The van der Waals surface area contributed by atoms with Crippen LogP contribution in [0.1, 0.15) is 22.6 Å². The summed E-state index contributed by atoms with van der Waals surface area (Å²) in [6.45, 7) is 0. The molecule has 4 nitrogen and oxygen atoms in total. The van der Waals surface area contributed by atoms with E-state index in [1.165, 1.54) is 32.3 Å². The molecule has 0 fully saturated rings. The lowest BCUT2D eigenvalue weighted by atomic mass is 9.84. The number of H-pyrrole nitrogens is 2. The topological polar surface area (TPSA) is 49.4 Å². The maximum atomic E-state index is 5.13. The zero-order valence-electron chi connectivity index (χ0n) is 18.8. The van der Waals surface area contributed by atoms with E-state index in [-0.39, 0.29) is 5.92 Å². The average molecular weight is 471 g/mol. The van der Waals surface area contributed by atoms with Gasteiger partial charge in [-0.05, 0) is 46.8 Å². The summed E-state index contributed by atoms with van der Waals surface area (Å²) in [5.74, 6) is -0.00291. The Balaban J connectivity index is 1.54. The molecule has 0 spiro atoms. The van der Waals surface area contributed by atoms with Crippen LogP contribution in [-0.4, -0.2) is 19.7 Å². The molecule has 0 bridgehead atoms. The van der Waals surface area contributed by atoms with Crippen molar-refractivity contribution in [2.24, 2.45) is 0 Å². The van der Waals surface area contributed by atoms with Crippen molar-refractivity contribution in [3.05, 3.63) is 132 Å². The normalized spacial score (nSPS) is 11.7. The predicted octanol–water partition coefficient (Wildman–Crippen LogP) is 7.74. The number of fused-ring (bicyclic) bond motifs is 2. The molecule has 0 aliphatic rings.